The van der Waals surface area contributed by atoms with E-state index in [1.165, 1.54) is 0 Å². The van der Waals surface area contributed by atoms with E-state index in [0.29, 0.717) is 13.0 Å². The fourth-order valence-electron chi connectivity index (χ4n) is 4.53. The normalized spacial score (nSPS) is 18.1. The molecule has 1 unspecified atom stereocenters. The van der Waals surface area contributed by atoms with Crippen molar-refractivity contribution in [2.75, 3.05) is 13.1 Å². The van der Waals surface area contributed by atoms with Gasteiger partial charge < -0.3 is 10.2 Å². The van der Waals surface area contributed by atoms with E-state index in [-0.39, 0.29) is 17.9 Å². The average molecular weight is 380 g/mol. The van der Waals surface area contributed by atoms with E-state index in [9.17, 15) is 9.59 Å². The van der Waals surface area contributed by atoms with Crippen molar-refractivity contribution in [3.63, 3.8) is 0 Å². The van der Waals surface area contributed by atoms with Gasteiger partial charge in [0.1, 0.15) is 0 Å². The SMILES string of the molecule is Cc1ccc2nc3c(c(C(=O)NCC(C)N4CCCCC4=O)c2c1)CCCC3. The van der Waals surface area contributed by atoms with Crippen LogP contribution in [0.2, 0.25) is 0 Å². The van der Waals surface area contributed by atoms with Crippen LogP contribution in [0, 0.1) is 6.92 Å². The molecule has 2 amide bonds. The zero-order valence-electron chi connectivity index (χ0n) is 16.9. The summed E-state index contributed by atoms with van der Waals surface area (Å²) in [4.78, 5) is 32.2. The molecular weight excluding hydrogens is 350 g/mol. The van der Waals surface area contributed by atoms with Crippen LogP contribution in [0.25, 0.3) is 10.9 Å². The van der Waals surface area contributed by atoms with Crippen molar-refractivity contribution in [1.29, 1.82) is 0 Å². The Bertz CT molecular complexity index is 922. The molecule has 1 aliphatic carbocycles. The quantitative estimate of drug-likeness (QED) is 0.884. The van der Waals surface area contributed by atoms with E-state index in [2.05, 4.69) is 17.4 Å². The molecule has 5 heteroatoms. The second-order valence-corrected chi connectivity index (χ2v) is 8.24. The van der Waals surface area contributed by atoms with E-state index in [1.54, 1.807) is 0 Å². The summed E-state index contributed by atoms with van der Waals surface area (Å²) in [5.74, 6) is 0.169. The van der Waals surface area contributed by atoms with Gasteiger partial charge in [-0.05, 0) is 70.1 Å². The van der Waals surface area contributed by atoms with Crippen LogP contribution in [0.15, 0.2) is 18.2 Å². The van der Waals surface area contributed by atoms with Gasteiger partial charge in [-0.3, -0.25) is 14.6 Å². The molecule has 1 atom stereocenters. The van der Waals surface area contributed by atoms with Gasteiger partial charge in [-0.25, -0.2) is 0 Å². The number of hydrogen-bond donors (Lipinski definition) is 1. The van der Waals surface area contributed by atoms with E-state index in [4.69, 9.17) is 4.98 Å². The number of hydrogen-bond acceptors (Lipinski definition) is 3. The molecule has 0 bridgehead atoms. The van der Waals surface area contributed by atoms with Gasteiger partial charge >= 0.3 is 0 Å². The van der Waals surface area contributed by atoms with Gasteiger partial charge in [0.05, 0.1) is 11.1 Å². The molecule has 1 saturated heterocycles. The molecule has 2 aromatic rings. The van der Waals surface area contributed by atoms with Crippen LogP contribution in [-0.4, -0.2) is 40.8 Å². The monoisotopic (exact) mass is 379 g/mol. The van der Waals surface area contributed by atoms with Crippen molar-refractivity contribution >= 4 is 22.7 Å². The van der Waals surface area contributed by atoms with Crippen LogP contribution in [0.3, 0.4) is 0 Å². The molecule has 28 heavy (non-hydrogen) atoms. The first kappa shape index (κ1) is 18.9. The van der Waals surface area contributed by atoms with Crippen LogP contribution in [0.4, 0.5) is 0 Å². The van der Waals surface area contributed by atoms with Crippen LogP contribution < -0.4 is 5.32 Å². The van der Waals surface area contributed by atoms with E-state index in [1.807, 2.05) is 24.8 Å². The number of amides is 2. The highest BCUT2D eigenvalue weighted by molar-refractivity contribution is 6.08. The first-order chi connectivity index (χ1) is 13.5. The highest BCUT2D eigenvalue weighted by Crippen LogP contribution is 2.30. The summed E-state index contributed by atoms with van der Waals surface area (Å²) in [6.07, 6.45) is 6.74. The molecule has 1 aromatic heterocycles. The Morgan fingerprint density at radius 1 is 1.18 bits per heavy atom. The largest absolute Gasteiger partial charge is 0.350 e. The van der Waals surface area contributed by atoms with Crippen molar-refractivity contribution < 1.29 is 9.59 Å². The fourth-order valence-corrected chi connectivity index (χ4v) is 4.53. The number of nitrogens with one attached hydrogen (secondary N) is 1. The Hall–Kier alpha value is -2.43. The Morgan fingerprint density at radius 3 is 2.79 bits per heavy atom. The number of likely N-dealkylation sites (tertiary alicyclic amines) is 1. The third kappa shape index (κ3) is 3.62. The predicted octanol–water partition coefficient (Wildman–Crippen LogP) is 3.55. The maximum absolute atomic E-state index is 13.3. The number of fused-ring (bicyclic) bond motifs is 2. The molecule has 2 aliphatic rings. The number of aromatic nitrogens is 1. The number of nitrogens with zero attached hydrogens (tertiary/aromatic N) is 2. The summed E-state index contributed by atoms with van der Waals surface area (Å²) in [6.45, 7) is 5.34. The Balaban J connectivity index is 1.61. The molecule has 0 saturated carbocycles. The van der Waals surface area contributed by atoms with Gasteiger partial charge in [0.15, 0.2) is 0 Å². The molecule has 4 rings (SSSR count). The smallest absolute Gasteiger partial charge is 0.252 e. The molecule has 1 aliphatic heterocycles. The summed E-state index contributed by atoms with van der Waals surface area (Å²) < 4.78 is 0. The predicted molar refractivity (Wildman–Crippen MR) is 110 cm³/mol. The van der Waals surface area contributed by atoms with Gasteiger partial charge in [-0.1, -0.05) is 11.6 Å². The first-order valence-corrected chi connectivity index (χ1v) is 10.5. The fraction of sp³-hybridized carbons (Fsp3) is 0.522. The second-order valence-electron chi connectivity index (χ2n) is 8.24. The Labute approximate surface area is 166 Å². The summed E-state index contributed by atoms with van der Waals surface area (Å²) in [6, 6.07) is 6.16. The maximum atomic E-state index is 13.3. The first-order valence-electron chi connectivity index (χ1n) is 10.5. The van der Waals surface area contributed by atoms with Gasteiger partial charge in [0.2, 0.25) is 5.91 Å². The Kier molecular flexibility index (Phi) is 5.33. The minimum Gasteiger partial charge on any atom is -0.350 e. The summed E-state index contributed by atoms with van der Waals surface area (Å²) in [5.41, 5.74) is 5.01. The lowest BCUT2D eigenvalue weighted by Gasteiger charge is -2.32. The van der Waals surface area contributed by atoms with Gasteiger partial charge in [-0.15, -0.1) is 0 Å². The molecule has 1 fully saturated rings. The minimum absolute atomic E-state index is 0.0161. The molecule has 0 radical (unpaired) electrons. The molecule has 5 nitrogen and oxygen atoms in total. The third-order valence-electron chi connectivity index (χ3n) is 6.09. The third-order valence-corrected chi connectivity index (χ3v) is 6.09. The van der Waals surface area contributed by atoms with Gasteiger partial charge in [0.25, 0.3) is 5.91 Å². The van der Waals surface area contributed by atoms with Crippen molar-refractivity contribution in [1.82, 2.24) is 15.2 Å². The topological polar surface area (TPSA) is 62.3 Å². The number of pyridine rings is 1. The standard InChI is InChI=1S/C23H29N3O2/c1-15-10-11-20-18(13-15)22(17-7-3-4-8-19(17)25-20)23(28)24-14-16(2)26-12-6-5-9-21(26)27/h10-11,13,16H,3-9,12,14H2,1-2H3,(H,24,28). The van der Waals surface area contributed by atoms with Gasteiger partial charge in [0, 0.05) is 36.6 Å². The van der Waals surface area contributed by atoms with Crippen LogP contribution >= 0.6 is 0 Å². The lowest BCUT2D eigenvalue weighted by molar-refractivity contribution is -0.135. The van der Waals surface area contributed by atoms with Crippen LogP contribution in [0.5, 0.6) is 0 Å². The average Bonchev–Trinajstić information content (AvgIpc) is 2.70. The number of carbonyl (C=O) groups excluding carboxylic acids is 2. The Morgan fingerprint density at radius 2 is 1.96 bits per heavy atom. The van der Waals surface area contributed by atoms with E-state index < -0.39 is 0 Å². The van der Waals surface area contributed by atoms with Gasteiger partial charge in [-0.2, -0.15) is 0 Å². The van der Waals surface area contributed by atoms with Crippen molar-refractivity contribution in [2.24, 2.45) is 0 Å². The van der Waals surface area contributed by atoms with Crippen molar-refractivity contribution in [2.45, 2.75) is 64.8 Å². The summed E-state index contributed by atoms with van der Waals surface area (Å²) in [5, 5.41) is 4.06. The summed E-state index contributed by atoms with van der Waals surface area (Å²) in [7, 11) is 0. The summed E-state index contributed by atoms with van der Waals surface area (Å²) >= 11 is 0. The highest BCUT2D eigenvalue weighted by Gasteiger charge is 2.26. The number of carbonyl (C=O) groups is 2. The van der Waals surface area contributed by atoms with Crippen LogP contribution in [0.1, 0.15) is 66.2 Å². The zero-order valence-corrected chi connectivity index (χ0v) is 16.9. The lowest BCUT2D eigenvalue weighted by Crippen LogP contribution is -2.47. The maximum Gasteiger partial charge on any atom is 0.252 e. The number of piperidine rings is 1. The van der Waals surface area contributed by atoms with Crippen molar-refractivity contribution in [3.8, 4) is 0 Å². The van der Waals surface area contributed by atoms with Crippen LogP contribution in [-0.2, 0) is 17.6 Å². The number of rotatable bonds is 4. The number of benzene rings is 1. The lowest BCUT2D eigenvalue weighted by atomic mass is 9.89. The molecule has 148 valence electrons. The highest BCUT2D eigenvalue weighted by atomic mass is 16.2. The molecule has 0 spiro atoms. The molecule has 2 heterocycles. The minimum atomic E-state index is -0.0348. The molecular formula is C23H29N3O2. The number of aryl methyl sites for hydroxylation is 2. The zero-order chi connectivity index (χ0) is 19.7. The van der Waals surface area contributed by atoms with Crippen molar-refractivity contribution in [3.05, 3.63) is 40.6 Å². The molecule has 1 N–H and O–H groups in total. The second kappa shape index (κ2) is 7.90. The molecule has 1 aromatic carbocycles. The van der Waals surface area contributed by atoms with E-state index >= 15 is 0 Å². The van der Waals surface area contributed by atoms with E-state index in [0.717, 1.165) is 78.4 Å².